The Kier molecular flexibility index (Phi) is 5.81. The van der Waals surface area contributed by atoms with Crippen LogP contribution in [0.4, 0.5) is 0 Å². The molecule has 0 bridgehead atoms. The van der Waals surface area contributed by atoms with Crippen molar-refractivity contribution in [3.63, 3.8) is 0 Å². The van der Waals surface area contributed by atoms with Gasteiger partial charge in [0.25, 0.3) is 11.5 Å². The van der Waals surface area contributed by atoms with Gasteiger partial charge in [-0.3, -0.25) is 18.7 Å². The van der Waals surface area contributed by atoms with Crippen LogP contribution in [0.5, 0.6) is 0 Å². The number of thioether (sulfide) groups is 1. The maximum Gasteiger partial charge on any atom is 0.331 e. The summed E-state index contributed by atoms with van der Waals surface area (Å²) >= 11 is 1.71. The van der Waals surface area contributed by atoms with E-state index in [1.165, 1.54) is 30.3 Å². The smallest absolute Gasteiger partial charge is 0.331 e. The topological polar surface area (TPSA) is 73.1 Å². The van der Waals surface area contributed by atoms with Crippen molar-refractivity contribution >= 4 is 17.7 Å². The van der Waals surface area contributed by atoms with E-state index in [0.29, 0.717) is 6.54 Å². The Bertz CT molecular complexity index is 796. The third kappa shape index (κ3) is 4.35. The molecule has 2 aromatic rings. The third-order valence-corrected chi connectivity index (χ3v) is 4.43. The summed E-state index contributed by atoms with van der Waals surface area (Å²) in [6.07, 6.45) is 0. The highest BCUT2D eigenvalue weighted by Gasteiger charge is 2.12. The molecule has 0 radical (unpaired) electrons. The summed E-state index contributed by atoms with van der Waals surface area (Å²) in [6.45, 7) is 0.472. The molecule has 1 aromatic heterocycles. The highest BCUT2D eigenvalue weighted by atomic mass is 32.2. The van der Waals surface area contributed by atoms with Gasteiger partial charge in [-0.25, -0.2) is 4.79 Å². The van der Waals surface area contributed by atoms with E-state index in [9.17, 15) is 14.4 Å². The molecule has 1 N–H and O–H groups in total. The highest BCUT2D eigenvalue weighted by Crippen LogP contribution is 2.10. The van der Waals surface area contributed by atoms with E-state index in [1.807, 2.05) is 18.2 Å². The van der Waals surface area contributed by atoms with Crippen LogP contribution in [0.25, 0.3) is 0 Å². The number of benzene rings is 1. The summed E-state index contributed by atoms with van der Waals surface area (Å²) in [5, 5.41) is 2.73. The van der Waals surface area contributed by atoms with Gasteiger partial charge in [0.2, 0.25) is 0 Å². The average Bonchev–Trinajstić information content (AvgIpc) is 2.56. The van der Waals surface area contributed by atoms with Gasteiger partial charge in [0.15, 0.2) is 0 Å². The van der Waals surface area contributed by atoms with Crippen molar-refractivity contribution in [2.75, 3.05) is 12.3 Å². The van der Waals surface area contributed by atoms with Gasteiger partial charge >= 0.3 is 5.69 Å². The average molecular weight is 333 g/mol. The molecule has 122 valence electrons. The fourth-order valence-electron chi connectivity index (χ4n) is 2.04. The molecule has 1 amide bonds. The Morgan fingerprint density at radius 3 is 2.52 bits per heavy atom. The van der Waals surface area contributed by atoms with Gasteiger partial charge in [-0.05, 0) is 5.56 Å². The Morgan fingerprint density at radius 1 is 1.13 bits per heavy atom. The second-order valence-corrected chi connectivity index (χ2v) is 6.17. The van der Waals surface area contributed by atoms with E-state index >= 15 is 0 Å². The minimum atomic E-state index is -0.513. The van der Waals surface area contributed by atoms with E-state index in [2.05, 4.69) is 17.4 Å². The number of carbonyl (C=O) groups excluding carboxylic acids is 1. The van der Waals surface area contributed by atoms with Crippen LogP contribution in [-0.4, -0.2) is 27.3 Å². The number of nitrogens with one attached hydrogen (secondary N) is 1. The lowest BCUT2D eigenvalue weighted by Gasteiger charge is -2.09. The summed E-state index contributed by atoms with van der Waals surface area (Å²) in [5.74, 6) is 1.21. The lowest BCUT2D eigenvalue weighted by molar-refractivity contribution is 0.0946. The van der Waals surface area contributed by atoms with E-state index in [4.69, 9.17) is 0 Å². The molecule has 2 rings (SSSR count). The zero-order chi connectivity index (χ0) is 16.8. The largest absolute Gasteiger partial charge is 0.350 e. The minimum absolute atomic E-state index is 0.0751. The molecule has 6 nitrogen and oxygen atoms in total. The Labute approximate surface area is 138 Å². The van der Waals surface area contributed by atoms with Crippen molar-refractivity contribution in [2.24, 2.45) is 14.1 Å². The van der Waals surface area contributed by atoms with Gasteiger partial charge in [0.1, 0.15) is 5.69 Å². The van der Waals surface area contributed by atoms with Crippen LogP contribution < -0.4 is 16.6 Å². The summed E-state index contributed by atoms with van der Waals surface area (Å²) in [7, 11) is 2.85. The van der Waals surface area contributed by atoms with Gasteiger partial charge < -0.3 is 5.32 Å². The number of rotatable bonds is 6. The highest BCUT2D eigenvalue weighted by molar-refractivity contribution is 7.98. The van der Waals surface area contributed by atoms with Gasteiger partial charge in [-0.1, -0.05) is 30.3 Å². The maximum absolute atomic E-state index is 12.1. The molecular weight excluding hydrogens is 314 g/mol. The standard InChI is InChI=1S/C16H19N3O3S/c1-18-13(10-14(20)19(2)16(18)22)15(21)17-8-9-23-11-12-6-4-3-5-7-12/h3-7,10H,8-9,11H2,1-2H3,(H,17,21). The molecule has 0 aliphatic heterocycles. The SMILES string of the molecule is Cn1c(C(=O)NCCSCc2ccccc2)cc(=O)n(C)c1=O. The number of hydrogen-bond donors (Lipinski definition) is 1. The van der Waals surface area contributed by atoms with Crippen molar-refractivity contribution in [3.8, 4) is 0 Å². The molecule has 0 saturated carbocycles. The van der Waals surface area contributed by atoms with Gasteiger partial charge in [-0.15, -0.1) is 0 Å². The summed E-state index contributed by atoms with van der Waals surface area (Å²) in [5.41, 5.74) is 0.307. The number of carbonyl (C=O) groups is 1. The Morgan fingerprint density at radius 2 is 1.83 bits per heavy atom. The van der Waals surface area contributed by atoms with E-state index in [1.54, 1.807) is 11.8 Å². The van der Waals surface area contributed by atoms with Crippen LogP contribution in [0, 0.1) is 0 Å². The van der Waals surface area contributed by atoms with Crippen LogP contribution in [0.15, 0.2) is 46.0 Å². The van der Waals surface area contributed by atoms with Crippen LogP contribution in [-0.2, 0) is 19.8 Å². The summed E-state index contributed by atoms with van der Waals surface area (Å²) in [4.78, 5) is 35.5. The first kappa shape index (κ1) is 17.1. The van der Waals surface area contributed by atoms with Crippen molar-refractivity contribution in [1.29, 1.82) is 0 Å². The normalized spacial score (nSPS) is 10.5. The second kappa shape index (κ2) is 7.82. The molecule has 7 heteroatoms. The molecule has 0 atom stereocenters. The van der Waals surface area contributed by atoms with Gasteiger partial charge in [0, 0.05) is 38.2 Å². The quantitative estimate of drug-likeness (QED) is 0.792. The molecule has 0 unspecified atom stereocenters. The van der Waals surface area contributed by atoms with Crippen LogP contribution in [0.1, 0.15) is 16.1 Å². The molecule has 0 fully saturated rings. The Balaban J connectivity index is 1.86. The number of hydrogen-bond acceptors (Lipinski definition) is 4. The Hall–Kier alpha value is -2.28. The van der Waals surface area contributed by atoms with Crippen LogP contribution >= 0.6 is 11.8 Å². The summed E-state index contributed by atoms with van der Waals surface area (Å²) in [6, 6.07) is 11.3. The summed E-state index contributed by atoms with van der Waals surface area (Å²) < 4.78 is 2.14. The molecule has 1 aromatic carbocycles. The van der Waals surface area contributed by atoms with Crippen molar-refractivity contribution in [3.05, 3.63) is 68.5 Å². The second-order valence-electron chi connectivity index (χ2n) is 5.06. The minimum Gasteiger partial charge on any atom is -0.350 e. The lowest BCUT2D eigenvalue weighted by Crippen LogP contribution is -2.41. The van der Waals surface area contributed by atoms with Crippen molar-refractivity contribution in [2.45, 2.75) is 5.75 Å². The van der Waals surface area contributed by atoms with E-state index in [0.717, 1.165) is 16.1 Å². The molecule has 0 spiro atoms. The molecule has 0 aliphatic rings. The van der Waals surface area contributed by atoms with Crippen molar-refractivity contribution in [1.82, 2.24) is 14.5 Å². The molecule has 1 heterocycles. The van der Waals surface area contributed by atoms with Crippen LogP contribution in [0.3, 0.4) is 0 Å². The van der Waals surface area contributed by atoms with Crippen LogP contribution in [0.2, 0.25) is 0 Å². The fourth-order valence-corrected chi connectivity index (χ4v) is 2.86. The first-order valence-corrected chi connectivity index (χ1v) is 8.33. The molecule has 23 heavy (non-hydrogen) atoms. The molecular formula is C16H19N3O3S. The maximum atomic E-state index is 12.1. The van der Waals surface area contributed by atoms with Crippen molar-refractivity contribution < 1.29 is 4.79 Å². The van der Waals surface area contributed by atoms with Gasteiger partial charge in [0.05, 0.1) is 0 Å². The van der Waals surface area contributed by atoms with E-state index < -0.39 is 17.2 Å². The fraction of sp³-hybridized carbons (Fsp3) is 0.312. The van der Waals surface area contributed by atoms with E-state index in [-0.39, 0.29) is 5.69 Å². The molecule has 0 saturated heterocycles. The predicted octanol–water partition coefficient (Wildman–Crippen LogP) is 0.747. The number of amides is 1. The lowest BCUT2D eigenvalue weighted by atomic mass is 10.2. The predicted molar refractivity (Wildman–Crippen MR) is 91.9 cm³/mol. The van der Waals surface area contributed by atoms with Gasteiger partial charge in [-0.2, -0.15) is 11.8 Å². The number of aromatic nitrogens is 2. The third-order valence-electron chi connectivity index (χ3n) is 3.40. The molecule has 0 aliphatic carbocycles. The first-order valence-electron chi connectivity index (χ1n) is 7.17. The zero-order valence-electron chi connectivity index (χ0n) is 13.1. The zero-order valence-corrected chi connectivity index (χ0v) is 13.9. The first-order chi connectivity index (χ1) is 11.0. The monoisotopic (exact) mass is 333 g/mol. The number of nitrogens with zero attached hydrogens (tertiary/aromatic N) is 2.